The normalized spacial score (nSPS) is 11.7. The zero-order chi connectivity index (χ0) is 18.8. The lowest BCUT2D eigenvalue weighted by Crippen LogP contribution is -2.30. The third-order valence-corrected chi connectivity index (χ3v) is 4.28. The number of methoxy groups -OCH3 is 1. The molecule has 1 N–H and O–H groups in total. The molecule has 0 fully saturated rings. The Balaban J connectivity index is 0.00000364. The van der Waals surface area contributed by atoms with Gasteiger partial charge in [0.2, 0.25) is 0 Å². The van der Waals surface area contributed by atoms with Crippen LogP contribution in [0.3, 0.4) is 0 Å². The van der Waals surface area contributed by atoms with Gasteiger partial charge < -0.3 is 19.5 Å². The number of aliphatic hydroxyl groups excluding tert-OH is 1. The van der Waals surface area contributed by atoms with E-state index in [4.69, 9.17) is 9.47 Å². The second kappa shape index (κ2) is 12.6. The van der Waals surface area contributed by atoms with E-state index in [1.165, 1.54) is 11.1 Å². The van der Waals surface area contributed by atoms with Gasteiger partial charge >= 0.3 is 0 Å². The molecule has 27 heavy (non-hydrogen) atoms. The maximum absolute atomic E-state index is 9.98. The van der Waals surface area contributed by atoms with Crippen LogP contribution in [0.25, 0.3) is 0 Å². The molecule has 5 heteroatoms. The van der Waals surface area contributed by atoms with Gasteiger partial charge in [-0.15, -0.1) is 12.4 Å². The van der Waals surface area contributed by atoms with Crippen molar-refractivity contribution in [2.24, 2.45) is 0 Å². The molecule has 0 bridgehead atoms. The lowest BCUT2D eigenvalue weighted by atomic mass is 10.0. The molecular weight excluding hydrogens is 362 g/mol. The van der Waals surface area contributed by atoms with Crippen molar-refractivity contribution in [1.82, 2.24) is 4.90 Å². The molecule has 2 aromatic carbocycles. The smallest absolute Gasteiger partial charge is 0.122 e. The first-order valence-corrected chi connectivity index (χ1v) is 9.25. The minimum absolute atomic E-state index is 0. The lowest BCUT2D eigenvalue weighted by molar-refractivity contribution is 0.0827. The molecule has 4 nitrogen and oxygen atoms in total. The lowest BCUT2D eigenvalue weighted by Gasteiger charge is -2.18. The number of benzene rings is 2. The second-order valence-electron chi connectivity index (χ2n) is 6.89. The fourth-order valence-corrected chi connectivity index (χ4v) is 2.98. The molecule has 0 aliphatic rings. The van der Waals surface area contributed by atoms with Crippen molar-refractivity contribution in [3.8, 4) is 11.5 Å². The number of likely N-dealkylation sites (N-methyl/N-ethyl adjacent to an activating group) is 1. The summed E-state index contributed by atoms with van der Waals surface area (Å²) in [5.74, 6) is 1.80. The molecule has 0 radical (unpaired) electrons. The highest BCUT2D eigenvalue weighted by molar-refractivity contribution is 5.85. The van der Waals surface area contributed by atoms with E-state index in [-0.39, 0.29) is 12.4 Å². The molecule has 1 atom stereocenters. The van der Waals surface area contributed by atoms with Gasteiger partial charge in [0.05, 0.1) is 7.11 Å². The van der Waals surface area contributed by atoms with Crippen LogP contribution in [0.4, 0.5) is 0 Å². The molecule has 1 unspecified atom stereocenters. The fourth-order valence-electron chi connectivity index (χ4n) is 2.98. The quantitative estimate of drug-likeness (QED) is 0.586. The van der Waals surface area contributed by atoms with Crippen molar-refractivity contribution < 1.29 is 14.6 Å². The van der Waals surface area contributed by atoms with Crippen LogP contribution in [0, 0.1) is 0 Å². The number of aliphatic hydroxyl groups is 1. The van der Waals surface area contributed by atoms with Gasteiger partial charge in [-0.3, -0.25) is 0 Å². The SMILES string of the molecule is COc1cccc(CCCCc2ccccc2OCC(O)CN(C)C)c1.Cl. The van der Waals surface area contributed by atoms with Gasteiger partial charge in [-0.1, -0.05) is 30.3 Å². The van der Waals surface area contributed by atoms with Crippen LogP contribution >= 0.6 is 12.4 Å². The van der Waals surface area contributed by atoms with Gasteiger partial charge in [0.25, 0.3) is 0 Å². The number of unbranched alkanes of at least 4 members (excludes halogenated alkanes) is 1. The van der Waals surface area contributed by atoms with E-state index in [2.05, 4.69) is 18.2 Å². The van der Waals surface area contributed by atoms with Crippen molar-refractivity contribution >= 4 is 12.4 Å². The number of rotatable bonds is 11. The van der Waals surface area contributed by atoms with E-state index in [1.807, 2.05) is 49.3 Å². The summed E-state index contributed by atoms with van der Waals surface area (Å²) in [6.07, 6.45) is 3.75. The van der Waals surface area contributed by atoms with Crippen LogP contribution < -0.4 is 9.47 Å². The van der Waals surface area contributed by atoms with Crippen molar-refractivity contribution in [3.05, 3.63) is 59.7 Å². The molecule has 0 aliphatic heterocycles. The van der Waals surface area contributed by atoms with Crippen LogP contribution in [-0.2, 0) is 12.8 Å². The predicted molar refractivity (Wildman–Crippen MR) is 113 cm³/mol. The fraction of sp³-hybridized carbons (Fsp3) is 0.455. The Hall–Kier alpha value is -1.75. The van der Waals surface area contributed by atoms with E-state index in [0.29, 0.717) is 13.2 Å². The minimum atomic E-state index is -0.480. The summed E-state index contributed by atoms with van der Waals surface area (Å²) in [6, 6.07) is 16.4. The average Bonchev–Trinajstić information content (AvgIpc) is 2.64. The Morgan fingerprint density at radius 1 is 1.00 bits per heavy atom. The number of halogens is 1. The Morgan fingerprint density at radius 3 is 2.48 bits per heavy atom. The highest BCUT2D eigenvalue weighted by Gasteiger charge is 2.09. The molecule has 0 heterocycles. The van der Waals surface area contributed by atoms with Gasteiger partial charge in [0, 0.05) is 6.54 Å². The molecule has 150 valence electrons. The first-order valence-electron chi connectivity index (χ1n) is 9.25. The molecular formula is C22H32ClNO3. The highest BCUT2D eigenvalue weighted by Crippen LogP contribution is 2.21. The Morgan fingerprint density at radius 2 is 1.74 bits per heavy atom. The summed E-state index contributed by atoms with van der Waals surface area (Å²) < 4.78 is 11.1. The van der Waals surface area contributed by atoms with E-state index < -0.39 is 6.10 Å². The van der Waals surface area contributed by atoms with Crippen molar-refractivity contribution in [1.29, 1.82) is 0 Å². The second-order valence-corrected chi connectivity index (χ2v) is 6.89. The van der Waals surface area contributed by atoms with Crippen LogP contribution in [0.15, 0.2) is 48.5 Å². The van der Waals surface area contributed by atoms with Crippen LogP contribution in [-0.4, -0.2) is 50.5 Å². The topological polar surface area (TPSA) is 41.9 Å². The Bertz CT molecular complexity index is 664. The molecule has 0 aliphatic carbocycles. The van der Waals surface area contributed by atoms with Gasteiger partial charge in [0.15, 0.2) is 0 Å². The first-order chi connectivity index (χ1) is 12.6. The van der Waals surface area contributed by atoms with E-state index in [1.54, 1.807) is 7.11 Å². The monoisotopic (exact) mass is 393 g/mol. The summed E-state index contributed by atoms with van der Waals surface area (Å²) >= 11 is 0. The van der Waals surface area contributed by atoms with E-state index in [0.717, 1.165) is 37.2 Å². The third-order valence-electron chi connectivity index (χ3n) is 4.28. The number of nitrogens with zero attached hydrogens (tertiary/aromatic N) is 1. The molecule has 0 spiro atoms. The summed E-state index contributed by atoms with van der Waals surface area (Å²) in [7, 11) is 5.59. The Kier molecular flexibility index (Phi) is 10.9. The van der Waals surface area contributed by atoms with Gasteiger partial charge in [-0.05, 0) is 69.1 Å². The zero-order valence-corrected chi connectivity index (χ0v) is 17.4. The first kappa shape index (κ1) is 23.3. The number of hydrogen-bond donors (Lipinski definition) is 1. The molecule has 0 amide bonds. The third kappa shape index (κ3) is 8.65. The predicted octanol–water partition coefficient (Wildman–Crippen LogP) is 3.98. The molecule has 2 aromatic rings. The summed E-state index contributed by atoms with van der Waals surface area (Å²) in [4.78, 5) is 1.96. The summed E-state index contributed by atoms with van der Waals surface area (Å²) in [5.41, 5.74) is 2.51. The van der Waals surface area contributed by atoms with E-state index >= 15 is 0 Å². The van der Waals surface area contributed by atoms with Gasteiger partial charge in [-0.2, -0.15) is 0 Å². The molecule has 0 saturated carbocycles. The maximum atomic E-state index is 9.98. The van der Waals surface area contributed by atoms with Crippen molar-refractivity contribution in [2.75, 3.05) is 34.4 Å². The summed E-state index contributed by atoms with van der Waals surface area (Å²) in [6.45, 7) is 0.918. The van der Waals surface area contributed by atoms with Gasteiger partial charge in [0.1, 0.15) is 24.2 Å². The van der Waals surface area contributed by atoms with Crippen LogP contribution in [0.2, 0.25) is 0 Å². The molecule has 2 rings (SSSR count). The van der Waals surface area contributed by atoms with Crippen LogP contribution in [0.5, 0.6) is 11.5 Å². The number of ether oxygens (including phenoxy) is 2. The Labute approximate surface area is 169 Å². The highest BCUT2D eigenvalue weighted by atomic mass is 35.5. The molecule has 0 saturated heterocycles. The minimum Gasteiger partial charge on any atom is -0.497 e. The number of para-hydroxylation sites is 1. The van der Waals surface area contributed by atoms with Gasteiger partial charge in [-0.25, -0.2) is 0 Å². The average molecular weight is 394 g/mol. The van der Waals surface area contributed by atoms with Crippen molar-refractivity contribution in [3.63, 3.8) is 0 Å². The zero-order valence-electron chi connectivity index (χ0n) is 16.6. The largest absolute Gasteiger partial charge is 0.497 e. The molecule has 0 aromatic heterocycles. The van der Waals surface area contributed by atoms with Crippen LogP contribution in [0.1, 0.15) is 24.0 Å². The standard InChI is InChI=1S/C22H31NO3.ClH/c1-23(2)16-20(24)17-26-22-14-7-6-12-19(22)11-5-4-9-18-10-8-13-21(15-18)25-3;/h6-8,10,12-15,20,24H,4-5,9,11,16-17H2,1-3H3;1H. The number of aryl methyl sites for hydroxylation is 2. The number of hydrogen-bond acceptors (Lipinski definition) is 4. The maximum Gasteiger partial charge on any atom is 0.122 e. The summed E-state index contributed by atoms with van der Waals surface area (Å²) in [5, 5.41) is 9.98. The van der Waals surface area contributed by atoms with Crippen molar-refractivity contribution in [2.45, 2.75) is 31.8 Å². The van der Waals surface area contributed by atoms with E-state index in [9.17, 15) is 5.11 Å².